The van der Waals surface area contributed by atoms with Crippen LogP contribution in [0.15, 0.2) is 0 Å². The fraction of sp³-hybridized carbons (Fsp3) is 0.833. The van der Waals surface area contributed by atoms with E-state index in [1.165, 1.54) is 0 Å². The molecule has 1 unspecified atom stereocenters. The number of urea groups is 1. The second-order valence-electron chi connectivity index (χ2n) is 5.01. The molecule has 6 nitrogen and oxygen atoms in total. The Bertz CT molecular complexity index is 319. The fourth-order valence-corrected chi connectivity index (χ4v) is 2.27. The van der Waals surface area contributed by atoms with Gasteiger partial charge in [-0.25, -0.2) is 4.79 Å². The second-order valence-corrected chi connectivity index (χ2v) is 5.01. The minimum atomic E-state index is -0.815. The number of carboxylic acid groups (broad SMARTS) is 1. The summed E-state index contributed by atoms with van der Waals surface area (Å²) in [5.74, 6) is -0.809. The van der Waals surface area contributed by atoms with Gasteiger partial charge in [-0.15, -0.1) is 0 Å². The average Bonchev–Trinajstić information content (AvgIpc) is 2.75. The van der Waals surface area contributed by atoms with Crippen molar-refractivity contribution in [2.45, 2.75) is 20.3 Å². The Labute approximate surface area is 107 Å². The molecular formula is C12H22N2O4. The number of nitrogens with one attached hydrogen (secondary N) is 1. The lowest BCUT2D eigenvalue weighted by Crippen LogP contribution is -2.44. The number of hydrogen-bond donors (Lipinski definition) is 2. The van der Waals surface area contributed by atoms with Gasteiger partial charge < -0.3 is 20.1 Å². The van der Waals surface area contributed by atoms with Crippen LogP contribution in [0, 0.1) is 11.3 Å². The number of aliphatic carboxylic acids is 1. The van der Waals surface area contributed by atoms with E-state index in [2.05, 4.69) is 5.32 Å². The van der Waals surface area contributed by atoms with Crippen LogP contribution in [0.3, 0.4) is 0 Å². The van der Waals surface area contributed by atoms with E-state index in [9.17, 15) is 14.7 Å². The Morgan fingerprint density at radius 1 is 1.50 bits per heavy atom. The molecule has 6 heteroatoms. The van der Waals surface area contributed by atoms with Crippen molar-refractivity contribution >= 4 is 12.0 Å². The summed E-state index contributed by atoms with van der Waals surface area (Å²) >= 11 is 0. The molecule has 0 aromatic heterocycles. The van der Waals surface area contributed by atoms with Crippen LogP contribution in [0.5, 0.6) is 0 Å². The Balaban J connectivity index is 2.58. The van der Waals surface area contributed by atoms with Crippen molar-refractivity contribution in [2.75, 3.05) is 33.4 Å². The molecule has 1 aliphatic heterocycles. The number of carbonyl (C=O) groups is 2. The van der Waals surface area contributed by atoms with Gasteiger partial charge in [-0.05, 0) is 12.3 Å². The van der Waals surface area contributed by atoms with Crippen molar-refractivity contribution < 1.29 is 19.4 Å². The van der Waals surface area contributed by atoms with E-state index in [-0.39, 0.29) is 18.5 Å². The normalized spacial score (nSPS) is 23.4. The molecule has 2 N–H and O–H groups in total. The van der Waals surface area contributed by atoms with E-state index in [0.717, 1.165) is 0 Å². The minimum Gasteiger partial charge on any atom is -0.481 e. The third kappa shape index (κ3) is 2.93. The third-order valence-corrected chi connectivity index (χ3v) is 3.70. The van der Waals surface area contributed by atoms with Crippen LogP contribution in [0.1, 0.15) is 20.3 Å². The number of hydrogen-bond acceptors (Lipinski definition) is 3. The predicted octanol–water partition coefficient (Wildman–Crippen LogP) is 0.775. The lowest BCUT2D eigenvalue weighted by atomic mass is 9.76. The summed E-state index contributed by atoms with van der Waals surface area (Å²) in [5.41, 5.74) is -0.807. The van der Waals surface area contributed by atoms with E-state index in [0.29, 0.717) is 26.1 Å². The van der Waals surface area contributed by atoms with Crippen LogP contribution in [0.4, 0.5) is 4.79 Å². The summed E-state index contributed by atoms with van der Waals surface area (Å²) in [4.78, 5) is 24.8. The molecule has 0 saturated carbocycles. The van der Waals surface area contributed by atoms with Crippen molar-refractivity contribution in [2.24, 2.45) is 11.3 Å². The molecule has 0 bridgehead atoms. The lowest BCUT2D eigenvalue weighted by Gasteiger charge is -2.28. The monoisotopic (exact) mass is 258 g/mol. The summed E-state index contributed by atoms with van der Waals surface area (Å²) in [5, 5.41) is 12.1. The van der Waals surface area contributed by atoms with Crippen molar-refractivity contribution in [3.8, 4) is 0 Å². The van der Waals surface area contributed by atoms with Crippen LogP contribution in [-0.2, 0) is 9.53 Å². The molecule has 2 amide bonds. The van der Waals surface area contributed by atoms with Gasteiger partial charge in [0.2, 0.25) is 0 Å². The number of carbonyl (C=O) groups excluding carboxylic acids is 1. The van der Waals surface area contributed by atoms with Gasteiger partial charge in [0.15, 0.2) is 0 Å². The molecule has 1 fully saturated rings. The van der Waals surface area contributed by atoms with Gasteiger partial charge in [0.05, 0.1) is 12.0 Å². The SMILES string of the molecule is COCCNC(=O)N1CCC(C(=O)O)(C(C)C)C1. The summed E-state index contributed by atoms with van der Waals surface area (Å²) in [6.07, 6.45) is 0.512. The molecule has 104 valence electrons. The second kappa shape index (κ2) is 6.04. The quantitative estimate of drug-likeness (QED) is 0.714. The Kier molecular flexibility index (Phi) is 4.95. The summed E-state index contributed by atoms with van der Waals surface area (Å²) in [6.45, 7) is 5.43. The number of likely N-dealkylation sites (tertiary alicyclic amines) is 1. The molecule has 1 aliphatic rings. The number of carboxylic acids is 1. The zero-order chi connectivity index (χ0) is 13.8. The number of nitrogens with zero attached hydrogens (tertiary/aromatic N) is 1. The molecule has 0 spiro atoms. The van der Waals surface area contributed by atoms with Gasteiger partial charge >= 0.3 is 12.0 Å². The first kappa shape index (κ1) is 14.8. The van der Waals surface area contributed by atoms with Gasteiger partial charge in [0, 0.05) is 26.7 Å². The third-order valence-electron chi connectivity index (χ3n) is 3.70. The summed E-state index contributed by atoms with van der Waals surface area (Å²) < 4.78 is 4.84. The average molecular weight is 258 g/mol. The molecule has 1 heterocycles. The van der Waals surface area contributed by atoms with Crippen molar-refractivity contribution in [1.82, 2.24) is 10.2 Å². The maximum Gasteiger partial charge on any atom is 0.317 e. The van der Waals surface area contributed by atoms with Gasteiger partial charge in [0.1, 0.15) is 0 Å². The zero-order valence-electron chi connectivity index (χ0n) is 11.2. The number of rotatable bonds is 5. The highest BCUT2D eigenvalue weighted by atomic mass is 16.5. The number of ether oxygens (including phenoxy) is 1. The van der Waals surface area contributed by atoms with Crippen LogP contribution in [-0.4, -0.2) is 55.4 Å². The Morgan fingerprint density at radius 3 is 2.61 bits per heavy atom. The minimum absolute atomic E-state index is 0.00627. The molecule has 1 saturated heterocycles. The molecular weight excluding hydrogens is 236 g/mol. The first-order valence-corrected chi connectivity index (χ1v) is 6.19. The highest BCUT2D eigenvalue weighted by molar-refractivity contribution is 5.80. The largest absolute Gasteiger partial charge is 0.481 e. The van der Waals surface area contributed by atoms with Crippen molar-refractivity contribution in [3.63, 3.8) is 0 Å². The lowest BCUT2D eigenvalue weighted by molar-refractivity contribution is -0.150. The molecule has 0 aromatic rings. The number of amides is 2. The van der Waals surface area contributed by atoms with E-state index in [1.54, 1.807) is 12.0 Å². The first-order valence-electron chi connectivity index (χ1n) is 6.19. The van der Waals surface area contributed by atoms with E-state index in [4.69, 9.17) is 4.74 Å². The maximum absolute atomic E-state index is 11.8. The van der Waals surface area contributed by atoms with E-state index in [1.807, 2.05) is 13.8 Å². The summed E-state index contributed by atoms with van der Waals surface area (Å²) in [7, 11) is 1.57. The van der Waals surface area contributed by atoms with Crippen LogP contribution < -0.4 is 5.32 Å². The van der Waals surface area contributed by atoms with Crippen molar-refractivity contribution in [1.29, 1.82) is 0 Å². The predicted molar refractivity (Wildman–Crippen MR) is 66.4 cm³/mol. The van der Waals surface area contributed by atoms with Crippen LogP contribution >= 0.6 is 0 Å². The maximum atomic E-state index is 11.8. The molecule has 18 heavy (non-hydrogen) atoms. The van der Waals surface area contributed by atoms with Gasteiger partial charge in [0.25, 0.3) is 0 Å². The molecule has 0 aromatic carbocycles. The number of methoxy groups -OCH3 is 1. The van der Waals surface area contributed by atoms with Gasteiger partial charge in [-0.3, -0.25) is 4.79 Å². The fourth-order valence-electron chi connectivity index (χ4n) is 2.27. The van der Waals surface area contributed by atoms with Gasteiger partial charge in [-0.2, -0.15) is 0 Å². The van der Waals surface area contributed by atoms with Crippen LogP contribution in [0.2, 0.25) is 0 Å². The highest BCUT2D eigenvalue weighted by Crippen LogP contribution is 2.38. The van der Waals surface area contributed by atoms with Crippen molar-refractivity contribution in [3.05, 3.63) is 0 Å². The van der Waals surface area contributed by atoms with Crippen LogP contribution in [0.25, 0.3) is 0 Å². The van der Waals surface area contributed by atoms with Gasteiger partial charge in [-0.1, -0.05) is 13.8 Å². The highest BCUT2D eigenvalue weighted by Gasteiger charge is 2.48. The standard InChI is InChI=1S/C12H22N2O4/c1-9(2)12(10(15)16)4-6-14(8-12)11(17)13-5-7-18-3/h9H,4-8H2,1-3H3,(H,13,17)(H,15,16). The summed E-state index contributed by atoms with van der Waals surface area (Å²) in [6, 6.07) is -0.212. The smallest absolute Gasteiger partial charge is 0.317 e. The molecule has 0 aliphatic carbocycles. The molecule has 1 rings (SSSR count). The van der Waals surface area contributed by atoms with E-state index < -0.39 is 11.4 Å². The topological polar surface area (TPSA) is 78.9 Å². The Hall–Kier alpha value is -1.30. The molecule has 0 radical (unpaired) electrons. The first-order chi connectivity index (χ1) is 8.44. The zero-order valence-corrected chi connectivity index (χ0v) is 11.2. The van der Waals surface area contributed by atoms with E-state index >= 15 is 0 Å². The Morgan fingerprint density at radius 2 is 2.17 bits per heavy atom. The molecule has 1 atom stereocenters.